The van der Waals surface area contributed by atoms with E-state index in [1.807, 2.05) is 7.05 Å². The number of aromatic nitrogens is 4. The van der Waals surface area contributed by atoms with Crippen molar-refractivity contribution < 1.29 is 9.13 Å². The van der Waals surface area contributed by atoms with Gasteiger partial charge in [0.1, 0.15) is 5.52 Å². The molecular weight excluding hydrogens is 247 g/mol. The average Bonchev–Trinajstić information content (AvgIpc) is 2.80. The van der Waals surface area contributed by atoms with Crippen molar-refractivity contribution in [2.45, 2.75) is 0 Å². The molecule has 0 radical (unpaired) electrons. The van der Waals surface area contributed by atoms with Crippen LogP contribution >= 0.6 is 0 Å². The highest BCUT2D eigenvalue weighted by Gasteiger charge is 2.14. The zero-order valence-electron chi connectivity index (χ0n) is 10.5. The van der Waals surface area contributed by atoms with Crippen molar-refractivity contribution in [3.05, 3.63) is 36.5 Å². The lowest BCUT2D eigenvalue weighted by atomic mass is 10.2. The molecule has 96 valence electrons. The molecule has 0 aliphatic heterocycles. The van der Waals surface area contributed by atoms with Gasteiger partial charge in [0.05, 0.1) is 25.2 Å². The third-order valence-electron chi connectivity index (χ3n) is 2.91. The number of hydrogen-bond acceptors (Lipinski definition) is 4. The monoisotopic (exact) mass is 258 g/mol. The van der Waals surface area contributed by atoms with Crippen molar-refractivity contribution in [1.82, 2.24) is 19.5 Å². The van der Waals surface area contributed by atoms with E-state index in [1.165, 1.54) is 7.11 Å². The summed E-state index contributed by atoms with van der Waals surface area (Å²) in [5.74, 6) is -0.00917. The first-order chi connectivity index (χ1) is 9.20. The van der Waals surface area contributed by atoms with Gasteiger partial charge in [0, 0.05) is 7.05 Å². The highest BCUT2D eigenvalue weighted by atomic mass is 19.1. The van der Waals surface area contributed by atoms with Gasteiger partial charge in [-0.05, 0) is 12.1 Å². The van der Waals surface area contributed by atoms with Crippen LogP contribution in [-0.4, -0.2) is 26.6 Å². The van der Waals surface area contributed by atoms with Gasteiger partial charge in [-0.1, -0.05) is 6.07 Å². The Morgan fingerprint density at radius 2 is 2.11 bits per heavy atom. The van der Waals surface area contributed by atoms with Crippen LogP contribution in [0.15, 0.2) is 30.7 Å². The Kier molecular flexibility index (Phi) is 2.63. The van der Waals surface area contributed by atoms with E-state index >= 15 is 0 Å². The summed E-state index contributed by atoms with van der Waals surface area (Å²) in [6.45, 7) is 0. The second kappa shape index (κ2) is 4.31. The number of aryl methyl sites for hydroxylation is 1. The molecule has 2 aromatic heterocycles. The molecule has 0 spiro atoms. The Balaban J connectivity index is 2.19. The van der Waals surface area contributed by atoms with E-state index in [1.54, 1.807) is 35.3 Å². The Morgan fingerprint density at radius 1 is 1.26 bits per heavy atom. The summed E-state index contributed by atoms with van der Waals surface area (Å²) in [6.07, 6.45) is 3.27. The largest absolute Gasteiger partial charge is 0.494 e. The molecule has 0 atom stereocenters. The molecule has 6 heteroatoms. The minimum Gasteiger partial charge on any atom is -0.494 e. The van der Waals surface area contributed by atoms with Crippen LogP contribution in [0.25, 0.3) is 22.6 Å². The molecule has 5 nitrogen and oxygen atoms in total. The summed E-state index contributed by atoms with van der Waals surface area (Å²) in [5.41, 5.74) is 1.63. The number of hydrogen-bond donors (Lipinski definition) is 0. The number of halogens is 1. The van der Waals surface area contributed by atoms with E-state index in [-0.39, 0.29) is 5.75 Å². The number of rotatable bonds is 2. The molecule has 0 aliphatic rings. The lowest BCUT2D eigenvalue weighted by Crippen LogP contribution is -1.96. The third-order valence-corrected chi connectivity index (χ3v) is 2.91. The second-order valence-corrected chi connectivity index (χ2v) is 4.08. The Labute approximate surface area is 108 Å². The van der Waals surface area contributed by atoms with Crippen LogP contribution in [0.1, 0.15) is 0 Å². The van der Waals surface area contributed by atoms with Crippen LogP contribution in [0.2, 0.25) is 0 Å². The first-order valence-electron chi connectivity index (χ1n) is 5.67. The van der Waals surface area contributed by atoms with Crippen molar-refractivity contribution >= 4 is 11.2 Å². The highest BCUT2D eigenvalue weighted by Crippen LogP contribution is 2.27. The van der Waals surface area contributed by atoms with Gasteiger partial charge in [0.15, 0.2) is 23.0 Å². The van der Waals surface area contributed by atoms with Crippen LogP contribution in [0.3, 0.4) is 0 Å². The third kappa shape index (κ3) is 1.81. The quantitative estimate of drug-likeness (QED) is 0.707. The molecule has 3 aromatic rings. The maximum absolute atomic E-state index is 14.1. The molecule has 0 fully saturated rings. The molecule has 0 saturated heterocycles. The fourth-order valence-electron chi connectivity index (χ4n) is 1.88. The molecule has 0 N–H and O–H groups in total. The molecule has 0 bridgehead atoms. The van der Waals surface area contributed by atoms with Crippen molar-refractivity contribution in [3.63, 3.8) is 0 Å². The standard InChI is InChI=1S/C13H11FN4O/c1-18-7-16-13-9(18)6-15-12(17-13)8-4-3-5-10(19-2)11(8)14/h3-7H,1-2H3. The Bertz CT molecular complexity index is 753. The van der Waals surface area contributed by atoms with Gasteiger partial charge in [0.25, 0.3) is 0 Å². The Hall–Kier alpha value is -2.50. The molecule has 0 aliphatic carbocycles. The number of benzene rings is 1. The summed E-state index contributed by atoms with van der Waals surface area (Å²) in [4.78, 5) is 12.6. The SMILES string of the molecule is COc1cccc(-c2ncc3c(ncn3C)n2)c1F. The summed E-state index contributed by atoms with van der Waals surface area (Å²) in [5, 5.41) is 0. The van der Waals surface area contributed by atoms with E-state index in [0.717, 1.165) is 5.52 Å². The van der Waals surface area contributed by atoms with E-state index < -0.39 is 5.82 Å². The fourth-order valence-corrected chi connectivity index (χ4v) is 1.88. The van der Waals surface area contributed by atoms with E-state index in [9.17, 15) is 4.39 Å². The summed E-state index contributed by atoms with van der Waals surface area (Å²) >= 11 is 0. The fraction of sp³-hybridized carbons (Fsp3) is 0.154. The number of nitrogens with zero attached hydrogens (tertiary/aromatic N) is 4. The van der Waals surface area contributed by atoms with E-state index in [0.29, 0.717) is 17.0 Å². The summed E-state index contributed by atoms with van der Waals surface area (Å²) in [7, 11) is 3.27. The van der Waals surface area contributed by atoms with E-state index in [4.69, 9.17) is 4.74 Å². The van der Waals surface area contributed by atoms with Gasteiger partial charge >= 0.3 is 0 Å². The predicted molar refractivity (Wildman–Crippen MR) is 68.3 cm³/mol. The van der Waals surface area contributed by atoms with Gasteiger partial charge in [-0.2, -0.15) is 0 Å². The second-order valence-electron chi connectivity index (χ2n) is 4.08. The average molecular weight is 258 g/mol. The predicted octanol–water partition coefficient (Wildman–Crippen LogP) is 2.18. The minimum atomic E-state index is -0.472. The number of methoxy groups -OCH3 is 1. The lowest BCUT2D eigenvalue weighted by molar-refractivity contribution is 0.387. The molecule has 1 aromatic carbocycles. The molecule has 2 heterocycles. The molecule has 19 heavy (non-hydrogen) atoms. The molecule has 0 saturated carbocycles. The van der Waals surface area contributed by atoms with Crippen LogP contribution in [0.4, 0.5) is 4.39 Å². The van der Waals surface area contributed by atoms with Crippen LogP contribution in [0.5, 0.6) is 5.75 Å². The van der Waals surface area contributed by atoms with Crippen molar-refractivity contribution in [3.8, 4) is 17.1 Å². The zero-order chi connectivity index (χ0) is 13.4. The molecule has 0 amide bonds. The first kappa shape index (κ1) is 11.6. The first-order valence-corrected chi connectivity index (χ1v) is 5.67. The molecule has 3 rings (SSSR count). The minimum absolute atomic E-state index is 0.169. The maximum Gasteiger partial charge on any atom is 0.181 e. The van der Waals surface area contributed by atoms with Gasteiger partial charge < -0.3 is 9.30 Å². The van der Waals surface area contributed by atoms with E-state index in [2.05, 4.69) is 15.0 Å². The van der Waals surface area contributed by atoms with Gasteiger partial charge in [-0.15, -0.1) is 0 Å². The maximum atomic E-state index is 14.1. The van der Waals surface area contributed by atoms with Crippen LogP contribution < -0.4 is 4.74 Å². The summed E-state index contributed by atoms with van der Waals surface area (Å²) in [6, 6.07) is 4.86. The number of imidazole rings is 1. The summed E-state index contributed by atoms with van der Waals surface area (Å²) < 4.78 is 20.9. The highest BCUT2D eigenvalue weighted by molar-refractivity contribution is 5.73. The van der Waals surface area contributed by atoms with Gasteiger partial charge in [-0.25, -0.2) is 19.3 Å². The molecule has 0 unspecified atom stereocenters. The number of ether oxygens (including phenoxy) is 1. The van der Waals surface area contributed by atoms with Crippen molar-refractivity contribution in [2.75, 3.05) is 7.11 Å². The van der Waals surface area contributed by atoms with Crippen LogP contribution in [-0.2, 0) is 7.05 Å². The van der Waals surface area contributed by atoms with Gasteiger partial charge in [-0.3, -0.25) is 0 Å². The topological polar surface area (TPSA) is 52.8 Å². The Morgan fingerprint density at radius 3 is 2.89 bits per heavy atom. The van der Waals surface area contributed by atoms with Gasteiger partial charge in [0.2, 0.25) is 0 Å². The molecular formula is C13H11FN4O. The van der Waals surface area contributed by atoms with Crippen molar-refractivity contribution in [2.24, 2.45) is 7.05 Å². The smallest absolute Gasteiger partial charge is 0.181 e. The lowest BCUT2D eigenvalue weighted by Gasteiger charge is -2.06. The van der Waals surface area contributed by atoms with Crippen LogP contribution in [0, 0.1) is 5.82 Å². The normalized spacial score (nSPS) is 10.9. The number of fused-ring (bicyclic) bond motifs is 1. The van der Waals surface area contributed by atoms with Crippen molar-refractivity contribution in [1.29, 1.82) is 0 Å². The zero-order valence-corrected chi connectivity index (χ0v) is 10.5.